The van der Waals surface area contributed by atoms with E-state index in [1.807, 2.05) is 26.0 Å². The molecule has 2 aromatic heterocycles. The Hall–Kier alpha value is -4.40. The largest absolute Gasteiger partial charge is 0.496 e. The maximum Gasteiger partial charge on any atom is 0.274 e. The van der Waals surface area contributed by atoms with Gasteiger partial charge < -0.3 is 15.8 Å². The van der Waals surface area contributed by atoms with Crippen molar-refractivity contribution in [3.05, 3.63) is 88.9 Å². The van der Waals surface area contributed by atoms with E-state index in [4.69, 9.17) is 10.5 Å². The summed E-state index contributed by atoms with van der Waals surface area (Å²) >= 11 is 0. The van der Waals surface area contributed by atoms with Gasteiger partial charge in [0.2, 0.25) is 0 Å². The standard InChI is InChI=1S/C26H23F2N5O2/c1-14-11-17(12-15(2)31-14)23-22(16-7-9-18(27)10-8-16)33-25(29)24(32-23)26(34)30-13-19-20(28)5-4-6-21(19)35-3/h4-12H,13H2,1-3H3,(H2,29,33)(H,30,34). The molecule has 0 saturated carbocycles. The number of amides is 1. The fourth-order valence-electron chi connectivity index (χ4n) is 3.75. The minimum atomic E-state index is -0.630. The number of nitrogens with zero attached hydrogens (tertiary/aromatic N) is 3. The first-order valence-corrected chi connectivity index (χ1v) is 10.8. The molecule has 2 aromatic carbocycles. The van der Waals surface area contributed by atoms with E-state index in [1.54, 1.807) is 18.2 Å². The maximum absolute atomic E-state index is 14.3. The summed E-state index contributed by atoms with van der Waals surface area (Å²) in [5.41, 5.74) is 9.73. The number of hydrogen-bond donors (Lipinski definition) is 2. The second kappa shape index (κ2) is 9.84. The van der Waals surface area contributed by atoms with Gasteiger partial charge in [0, 0.05) is 34.6 Å². The monoisotopic (exact) mass is 475 g/mol. The summed E-state index contributed by atoms with van der Waals surface area (Å²) in [4.78, 5) is 26.4. The van der Waals surface area contributed by atoms with Gasteiger partial charge in [0.25, 0.3) is 5.91 Å². The van der Waals surface area contributed by atoms with Crippen molar-refractivity contribution in [3.8, 4) is 28.3 Å². The summed E-state index contributed by atoms with van der Waals surface area (Å²) < 4.78 is 33.0. The summed E-state index contributed by atoms with van der Waals surface area (Å²) in [6.45, 7) is 3.54. The summed E-state index contributed by atoms with van der Waals surface area (Å²) in [6.07, 6.45) is 0. The number of hydrogen-bond acceptors (Lipinski definition) is 6. The predicted molar refractivity (Wildman–Crippen MR) is 129 cm³/mol. The van der Waals surface area contributed by atoms with Crippen LogP contribution in [-0.2, 0) is 6.54 Å². The highest BCUT2D eigenvalue weighted by atomic mass is 19.1. The number of carbonyl (C=O) groups excluding carboxylic acids is 1. The van der Waals surface area contributed by atoms with Crippen LogP contribution in [0.15, 0.2) is 54.6 Å². The third-order valence-corrected chi connectivity index (χ3v) is 5.33. The molecular formula is C26H23F2N5O2. The number of nitrogen functional groups attached to an aromatic ring is 1. The lowest BCUT2D eigenvalue weighted by atomic mass is 10.0. The van der Waals surface area contributed by atoms with Gasteiger partial charge in [-0.15, -0.1) is 0 Å². The summed E-state index contributed by atoms with van der Waals surface area (Å²) in [5, 5.41) is 2.64. The maximum atomic E-state index is 14.3. The summed E-state index contributed by atoms with van der Waals surface area (Å²) in [7, 11) is 1.42. The van der Waals surface area contributed by atoms with E-state index >= 15 is 0 Å². The molecule has 2 heterocycles. The van der Waals surface area contributed by atoms with Gasteiger partial charge in [-0.05, 0) is 62.4 Å². The van der Waals surface area contributed by atoms with Crippen LogP contribution in [-0.4, -0.2) is 28.0 Å². The Morgan fingerprint density at radius 1 is 0.943 bits per heavy atom. The molecule has 4 aromatic rings. The molecule has 0 saturated heterocycles. The first-order valence-electron chi connectivity index (χ1n) is 10.8. The van der Waals surface area contributed by atoms with E-state index in [9.17, 15) is 13.6 Å². The average molecular weight is 475 g/mol. The molecule has 0 fully saturated rings. The van der Waals surface area contributed by atoms with E-state index in [-0.39, 0.29) is 23.6 Å². The SMILES string of the molecule is COc1cccc(F)c1CNC(=O)c1nc(-c2cc(C)nc(C)c2)c(-c2ccc(F)cc2)nc1N. The van der Waals surface area contributed by atoms with Crippen molar-refractivity contribution in [2.24, 2.45) is 0 Å². The van der Waals surface area contributed by atoms with Crippen molar-refractivity contribution in [1.82, 2.24) is 20.3 Å². The molecule has 9 heteroatoms. The van der Waals surface area contributed by atoms with Crippen LogP contribution in [0.2, 0.25) is 0 Å². The van der Waals surface area contributed by atoms with Crippen LogP contribution in [0.25, 0.3) is 22.5 Å². The lowest BCUT2D eigenvalue weighted by molar-refractivity contribution is 0.0946. The van der Waals surface area contributed by atoms with Crippen LogP contribution >= 0.6 is 0 Å². The Bertz CT molecular complexity index is 1390. The minimum Gasteiger partial charge on any atom is -0.496 e. The first-order chi connectivity index (χ1) is 16.8. The van der Waals surface area contributed by atoms with E-state index in [0.29, 0.717) is 28.3 Å². The van der Waals surface area contributed by atoms with Crippen LogP contribution < -0.4 is 15.8 Å². The third-order valence-electron chi connectivity index (χ3n) is 5.33. The van der Waals surface area contributed by atoms with E-state index in [2.05, 4.69) is 20.3 Å². The average Bonchev–Trinajstić information content (AvgIpc) is 2.82. The van der Waals surface area contributed by atoms with Crippen LogP contribution in [0.5, 0.6) is 5.75 Å². The Morgan fingerprint density at radius 3 is 2.26 bits per heavy atom. The lowest BCUT2D eigenvalue weighted by Crippen LogP contribution is -2.26. The van der Waals surface area contributed by atoms with Gasteiger partial charge in [-0.2, -0.15) is 0 Å². The highest BCUT2D eigenvalue weighted by Crippen LogP contribution is 2.32. The number of nitrogens with one attached hydrogen (secondary N) is 1. The number of methoxy groups -OCH3 is 1. The van der Waals surface area contributed by atoms with Crippen molar-refractivity contribution < 1.29 is 18.3 Å². The molecule has 4 rings (SSSR count). The molecular weight excluding hydrogens is 452 g/mol. The highest BCUT2D eigenvalue weighted by Gasteiger charge is 2.21. The molecule has 0 aliphatic carbocycles. The second-order valence-corrected chi connectivity index (χ2v) is 7.90. The number of benzene rings is 2. The van der Waals surface area contributed by atoms with Gasteiger partial charge in [-0.25, -0.2) is 18.7 Å². The van der Waals surface area contributed by atoms with Gasteiger partial charge in [-0.1, -0.05) is 6.07 Å². The fourth-order valence-corrected chi connectivity index (χ4v) is 3.75. The lowest BCUT2D eigenvalue weighted by Gasteiger charge is -2.15. The quantitative estimate of drug-likeness (QED) is 0.422. The van der Waals surface area contributed by atoms with Gasteiger partial charge in [0.15, 0.2) is 11.5 Å². The fraction of sp³-hybridized carbons (Fsp3) is 0.154. The molecule has 0 unspecified atom stereocenters. The third kappa shape index (κ3) is 5.08. The Morgan fingerprint density at radius 2 is 1.60 bits per heavy atom. The molecule has 0 radical (unpaired) electrons. The van der Waals surface area contributed by atoms with Crippen molar-refractivity contribution >= 4 is 11.7 Å². The number of aryl methyl sites for hydroxylation is 2. The first kappa shape index (κ1) is 23.7. The van der Waals surface area contributed by atoms with Crippen LogP contribution in [0, 0.1) is 25.5 Å². The van der Waals surface area contributed by atoms with E-state index in [0.717, 1.165) is 11.4 Å². The molecule has 0 aliphatic heterocycles. The summed E-state index contributed by atoms with van der Waals surface area (Å²) in [6, 6.07) is 13.8. The zero-order chi connectivity index (χ0) is 25.1. The zero-order valence-electron chi connectivity index (χ0n) is 19.4. The van der Waals surface area contributed by atoms with Gasteiger partial charge in [0.05, 0.1) is 18.5 Å². The van der Waals surface area contributed by atoms with Gasteiger partial charge >= 0.3 is 0 Å². The molecule has 35 heavy (non-hydrogen) atoms. The Balaban J connectivity index is 1.77. The number of ether oxygens (including phenoxy) is 1. The van der Waals surface area contributed by atoms with Crippen molar-refractivity contribution in [2.45, 2.75) is 20.4 Å². The molecule has 0 bridgehead atoms. The number of rotatable bonds is 6. The predicted octanol–water partition coefficient (Wildman–Crippen LogP) is 4.62. The van der Waals surface area contributed by atoms with Crippen LogP contribution in [0.4, 0.5) is 14.6 Å². The Labute approximate surface area is 201 Å². The smallest absolute Gasteiger partial charge is 0.274 e. The Kier molecular flexibility index (Phi) is 6.68. The van der Waals surface area contributed by atoms with Crippen LogP contribution in [0.1, 0.15) is 27.4 Å². The van der Waals surface area contributed by atoms with E-state index in [1.165, 1.54) is 31.4 Å². The molecule has 0 spiro atoms. The van der Waals surface area contributed by atoms with E-state index < -0.39 is 17.5 Å². The number of pyridine rings is 1. The number of aromatic nitrogens is 3. The normalized spacial score (nSPS) is 10.8. The number of nitrogens with two attached hydrogens (primary N) is 1. The molecule has 0 atom stereocenters. The number of carbonyl (C=O) groups is 1. The molecule has 1 amide bonds. The molecule has 3 N–H and O–H groups in total. The van der Waals surface area contributed by atoms with Crippen molar-refractivity contribution in [1.29, 1.82) is 0 Å². The molecule has 0 aliphatic rings. The van der Waals surface area contributed by atoms with Gasteiger partial charge in [0.1, 0.15) is 17.4 Å². The van der Waals surface area contributed by atoms with Crippen molar-refractivity contribution in [2.75, 3.05) is 12.8 Å². The zero-order valence-corrected chi connectivity index (χ0v) is 19.4. The topological polar surface area (TPSA) is 103 Å². The number of anilines is 1. The van der Waals surface area contributed by atoms with Crippen LogP contribution in [0.3, 0.4) is 0 Å². The second-order valence-electron chi connectivity index (χ2n) is 7.90. The number of halogens is 2. The minimum absolute atomic E-state index is 0.117. The molecule has 7 nitrogen and oxygen atoms in total. The highest BCUT2D eigenvalue weighted by molar-refractivity contribution is 5.98. The van der Waals surface area contributed by atoms with Crippen molar-refractivity contribution in [3.63, 3.8) is 0 Å². The molecule has 178 valence electrons. The van der Waals surface area contributed by atoms with Gasteiger partial charge in [-0.3, -0.25) is 9.78 Å². The summed E-state index contributed by atoms with van der Waals surface area (Å²) in [5.74, 6) is -1.35.